The molecule has 0 saturated carbocycles. The van der Waals surface area contributed by atoms with Gasteiger partial charge >= 0.3 is 0 Å². The molecule has 0 fully saturated rings. The second kappa shape index (κ2) is 13.2. The van der Waals surface area contributed by atoms with Crippen LogP contribution in [0.3, 0.4) is 0 Å². The summed E-state index contributed by atoms with van der Waals surface area (Å²) in [6.07, 6.45) is 16.8. The van der Waals surface area contributed by atoms with Gasteiger partial charge in [-0.2, -0.15) is 5.26 Å². The van der Waals surface area contributed by atoms with Gasteiger partial charge in [-0.25, -0.2) is 0 Å². The van der Waals surface area contributed by atoms with Crippen LogP contribution in [0.4, 0.5) is 0 Å². The number of nitriles is 1. The van der Waals surface area contributed by atoms with Crippen LogP contribution in [0.1, 0.15) is 115 Å². The van der Waals surface area contributed by atoms with Crippen molar-refractivity contribution in [2.45, 2.75) is 103 Å². The summed E-state index contributed by atoms with van der Waals surface area (Å²) in [5.41, 5.74) is 0.991. The lowest BCUT2D eigenvalue weighted by atomic mass is 9.91. The molecule has 130 valence electrons. The minimum Gasteiger partial charge on any atom is -0.345 e. The number of unbranched alkanes of at least 4 members (excludes halogenated alkanes) is 9. The van der Waals surface area contributed by atoms with Gasteiger partial charge in [0, 0.05) is 12.0 Å². The Labute approximate surface area is 142 Å². The van der Waals surface area contributed by atoms with Gasteiger partial charge in [-0.1, -0.05) is 89.6 Å². The van der Waals surface area contributed by atoms with E-state index in [1.807, 2.05) is 12.1 Å². The molecule has 0 radical (unpaired) electrons. The van der Waals surface area contributed by atoms with Crippen molar-refractivity contribution in [2.75, 3.05) is 0 Å². The Morgan fingerprint density at radius 1 is 0.913 bits per heavy atom. The van der Waals surface area contributed by atoms with Crippen LogP contribution in [0.5, 0.6) is 0 Å². The van der Waals surface area contributed by atoms with Crippen molar-refractivity contribution in [1.29, 1.82) is 5.26 Å². The summed E-state index contributed by atoms with van der Waals surface area (Å²) in [6, 6.07) is 3.89. The van der Waals surface area contributed by atoms with E-state index in [4.69, 9.17) is 9.78 Å². The van der Waals surface area contributed by atoms with Crippen LogP contribution in [0.15, 0.2) is 10.6 Å². The molecule has 0 saturated heterocycles. The molecule has 1 aromatic heterocycles. The van der Waals surface area contributed by atoms with Crippen LogP contribution < -0.4 is 0 Å². The predicted molar refractivity (Wildman–Crippen MR) is 95.3 cm³/mol. The van der Waals surface area contributed by atoms with E-state index in [1.54, 1.807) is 0 Å². The Balaban J connectivity index is 2.37. The third-order valence-corrected chi connectivity index (χ3v) is 4.62. The Bertz CT molecular complexity index is 433. The number of nitrogens with zero attached hydrogens (tertiary/aromatic N) is 2. The predicted octanol–water partition coefficient (Wildman–Crippen LogP) is 6.74. The molecule has 0 spiro atoms. The number of hydrogen-bond donors (Lipinski definition) is 0. The van der Waals surface area contributed by atoms with E-state index >= 15 is 0 Å². The highest BCUT2D eigenvalue weighted by Gasteiger charge is 2.16. The average Bonchev–Trinajstić information content (AvgIpc) is 3.05. The van der Waals surface area contributed by atoms with Crippen molar-refractivity contribution >= 4 is 0 Å². The first-order valence-corrected chi connectivity index (χ1v) is 9.68. The molecule has 0 aliphatic rings. The normalized spacial score (nSPS) is 12.2. The first-order chi connectivity index (χ1) is 11.3. The van der Waals surface area contributed by atoms with Crippen LogP contribution >= 0.6 is 0 Å². The highest BCUT2D eigenvalue weighted by molar-refractivity contribution is 5.20. The van der Waals surface area contributed by atoms with Crippen molar-refractivity contribution in [2.24, 2.45) is 0 Å². The SMILES string of the molecule is CCCCCCCCC(CCCCCCC)c1cc(C#N)on1. The van der Waals surface area contributed by atoms with E-state index in [-0.39, 0.29) is 0 Å². The number of rotatable bonds is 14. The van der Waals surface area contributed by atoms with Crippen molar-refractivity contribution in [3.8, 4) is 6.07 Å². The Kier molecular flexibility index (Phi) is 11.3. The standard InChI is InChI=1S/C20H34N2O/c1-3-5-7-9-11-13-15-18(14-12-10-8-6-4-2)20-16-19(17-21)23-22-20/h16,18H,3-15H2,1-2H3. The fourth-order valence-corrected chi connectivity index (χ4v) is 3.14. The molecule has 0 amide bonds. The Morgan fingerprint density at radius 3 is 1.91 bits per heavy atom. The highest BCUT2D eigenvalue weighted by Crippen LogP contribution is 2.28. The monoisotopic (exact) mass is 318 g/mol. The quantitative estimate of drug-likeness (QED) is 0.357. The molecule has 0 N–H and O–H groups in total. The fourth-order valence-electron chi connectivity index (χ4n) is 3.14. The summed E-state index contributed by atoms with van der Waals surface area (Å²) >= 11 is 0. The molecule has 0 aromatic carbocycles. The first-order valence-electron chi connectivity index (χ1n) is 9.68. The molecule has 1 unspecified atom stereocenters. The molecule has 0 aliphatic heterocycles. The third kappa shape index (κ3) is 8.79. The van der Waals surface area contributed by atoms with E-state index in [0.29, 0.717) is 11.7 Å². The molecule has 0 aliphatic carbocycles. The van der Waals surface area contributed by atoms with E-state index in [0.717, 1.165) is 5.69 Å². The molecule has 1 rings (SSSR count). The van der Waals surface area contributed by atoms with Gasteiger partial charge in [-0.15, -0.1) is 0 Å². The number of hydrogen-bond acceptors (Lipinski definition) is 3. The van der Waals surface area contributed by atoms with Crippen LogP contribution in [-0.2, 0) is 0 Å². The summed E-state index contributed by atoms with van der Waals surface area (Å²) in [5, 5.41) is 13.1. The first kappa shape index (κ1) is 19.7. The maximum Gasteiger partial charge on any atom is 0.236 e. The van der Waals surface area contributed by atoms with E-state index in [2.05, 4.69) is 19.0 Å². The molecule has 1 heterocycles. The molecule has 1 atom stereocenters. The summed E-state index contributed by atoms with van der Waals surface area (Å²) in [7, 11) is 0. The molecular formula is C20H34N2O. The lowest BCUT2D eigenvalue weighted by Gasteiger charge is -2.14. The van der Waals surface area contributed by atoms with Crippen LogP contribution in [0.25, 0.3) is 0 Å². The summed E-state index contributed by atoms with van der Waals surface area (Å²) in [5.74, 6) is 0.813. The second-order valence-electron chi connectivity index (χ2n) is 6.68. The minimum absolute atomic E-state index is 0.346. The average molecular weight is 319 g/mol. The maximum atomic E-state index is 8.92. The van der Waals surface area contributed by atoms with Crippen molar-refractivity contribution in [1.82, 2.24) is 5.16 Å². The molecule has 3 heteroatoms. The topological polar surface area (TPSA) is 49.8 Å². The highest BCUT2D eigenvalue weighted by atomic mass is 16.5. The Morgan fingerprint density at radius 2 is 1.43 bits per heavy atom. The Hall–Kier alpha value is -1.30. The lowest BCUT2D eigenvalue weighted by Crippen LogP contribution is -2.00. The molecular weight excluding hydrogens is 284 g/mol. The summed E-state index contributed by atoms with van der Waals surface area (Å²) in [6.45, 7) is 4.51. The zero-order chi connectivity index (χ0) is 16.8. The second-order valence-corrected chi connectivity index (χ2v) is 6.68. The number of aromatic nitrogens is 1. The van der Waals surface area contributed by atoms with Crippen molar-refractivity contribution in [3.63, 3.8) is 0 Å². The van der Waals surface area contributed by atoms with Crippen molar-refractivity contribution < 1.29 is 4.52 Å². The molecule has 3 nitrogen and oxygen atoms in total. The van der Waals surface area contributed by atoms with Gasteiger partial charge in [0.2, 0.25) is 5.76 Å². The van der Waals surface area contributed by atoms with Gasteiger partial charge in [-0.05, 0) is 12.8 Å². The smallest absolute Gasteiger partial charge is 0.236 e. The zero-order valence-corrected chi connectivity index (χ0v) is 15.1. The van der Waals surface area contributed by atoms with E-state index in [1.165, 1.54) is 83.5 Å². The van der Waals surface area contributed by atoms with Crippen molar-refractivity contribution in [3.05, 3.63) is 17.5 Å². The largest absolute Gasteiger partial charge is 0.345 e. The minimum atomic E-state index is 0.346. The third-order valence-electron chi connectivity index (χ3n) is 4.62. The molecule has 1 aromatic rings. The maximum absolute atomic E-state index is 8.92. The zero-order valence-electron chi connectivity index (χ0n) is 15.1. The van der Waals surface area contributed by atoms with Crippen LogP contribution in [-0.4, -0.2) is 5.16 Å². The van der Waals surface area contributed by atoms with Crippen LogP contribution in [0, 0.1) is 11.3 Å². The fraction of sp³-hybridized carbons (Fsp3) is 0.800. The van der Waals surface area contributed by atoms with Gasteiger partial charge in [0.15, 0.2) is 0 Å². The van der Waals surface area contributed by atoms with Crippen LogP contribution in [0.2, 0.25) is 0 Å². The van der Waals surface area contributed by atoms with Gasteiger partial charge in [0.25, 0.3) is 0 Å². The molecule has 23 heavy (non-hydrogen) atoms. The van der Waals surface area contributed by atoms with E-state index < -0.39 is 0 Å². The summed E-state index contributed by atoms with van der Waals surface area (Å²) < 4.78 is 5.09. The van der Waals surface area contributed by atoms with Gasteiger partial charge in [-0.3, -0.25) is 0 Å². The lowest BCUT2D eigenvalue weighted by molar-refractivity contribution is 0.385. The molecule has 0 bridgehead atoms. The van der Waals surface area contributed by atoms with E-state index in [9.17, 15) is 0 Å². The van der Waals surface area contributed by atoms with Gasteiger partial charge in [0.05, 0.1) is 5.69 Å². The van der Waals surface area contributed by atoms with Gasteiger partial charge < -0.3 is 4.52 Å². The summed E-state index contributed by atoms with van der Waals surface area (Å²) in [4.78, 5) is 0. The van der Waals surface area contributed by atoms with Gasteiger partial charge in [0.1, 0.15) is 6.07 Å².